The molecule has 0 aliphatic carbocycles. The van der Waals surface area contributed by atoms with Gasteiger partial charge in [-0.25, -0.2) is 4.39 Å². The largest absolute Gasteiger partial charge is 0.381 e. The molecule has 0 unspecified atom stereocenters. The number of hydrogen-bond donors (Lipinski definition) is 0. The average molecular weight is 417 g/mol. The van der Waals surface area contributed by atoms with Crippen LogP contribution in [0.4, 0.5) is 4.39 Å². The van der Waals surface area contributed by atoms with Crippen LogP contribution in [0.5, 0.6) is 0 Å². The lowest BCUT2D eigenvalue weighted by atomic mass is 10.0. The van der Waals surface area contributed by atoms with Gasteiger partial charge in [0.1, 0.15) is 5.82 Å². The summed E-state index contributed by atoms with van der Waals surface area (Å²) in [5, 5.41) is 4.07. The number of nitrogens with zero attached hydrogens (tertiary/aromatic N) is 3. The van der Waals surface area contributed by atoms with Gasteiger partial charge in [-0.2, -0.15) is 4.98 Å². The van der Waals surface area contributed by atoms with Crippen LogP contribution in [0.3, 0.4) is 0 Å². The Balaban J connectivity index is 1.16. The highest BCUT2D eigenvalue weighted by Crippen LogP contribution is 2.25. The molecule has 7 nitrogen and oxygen atoms in total. The molecule has 2 aliphatic heterocycles. The topological polar surface area (TPSA) is 77.7 Å². The lowest BCUT2D eigenvalue weighted by Crippen LogP contribution is -2.41. The van der Waals surface area contributed by atoms with Gasteiger partial charge in [0.2, 0.25) is 11.8 Å². The number of rotatable bonds is 7. The van der Waals surface area contributed by atoms with Crippen molar-refractivity contribution < 1.29 is 23.2 Å². The summed E-state index contributed by atoms with van der Waals surface area (Å²) in [6.07, 6.45) is 4.23. The molecular weight excluding hydrogens is 389 g/mol. The Hall–Kier alpha value is -2.32. The van der Waals surface area contributed by atoms with E-state index in [0.29, 0.717) is 49.3 Å². The second kappa shape index (κ2) is 10.1. The van der Waals surface area contributed by atoms with E-state index in [1.54, 1.807) is 23.1 Å². The Morgan fingerprint density at radius 3 is 2.70 bits per heavy atom. The molecule has 1 amide bonds. The van der Waals surface area contributed by atoms with Crippen molar-refractivity contribution in [2.45, 2.75) is 50.5 Å². The van der Waals surface area contributed by atoms with Crippen molar-refractivity contribution in [3.05, 3.63) is 47.4 Å². The van der Waals surface area contributed by atoms with Crippen LogP contribution in [0, 0.1) is 5.82 Å². The summed E-state index contributed by atoms with van der Waals surface area (Å²) in [6.45, 7) is 3.28. The van der Waals surface area contributed by atoms with Gasteiger partial charge in [0.25, 0.3) is 0 Å². The summed E-state index contributed by atoms with van der Waals surface area (Å²) in [6, 6.07) is 6.43. The van der Waals surface area contributed by atoms with Crippen molar-refractivity contribution in [3.8, 4) is 0 Å². The summed E-state index contributed by atoms with van der Waals surface area (Å²) >= 11 is 0. The minimum atomic E-state index is -0.328. The Morgan fingerprint density at radius 1 is 1.17 bits per heavy atom. The molecule has 4 rings (SSSR count). The maximum Gasteiger partial charge on any atom is 0.229 e. The van der Waals surface area contributed by atoms with E-state index >= 15 is 0 Å². The zero-order valence-corrected chi connectivity index (χ0v) is 17.1. The van der Waals surface area contributed by atoms with E-state index in [9.17, 15) is 9.18 Å². The van der Waals surface area contributed by atoms with Gasteiger partial charge >= 0.3 is 0 Å². The molecule has 0 N–H and O–H groups in total. The van der Waals surface area contributed by atoms with Gasteiger partial charge in [0.15, 0.2) is 5.82 Å². The van der Waals surface area contributed by atoms with Gasteiger partial charge in [0, 0.05) is 38.6 Å². The number of carbonyl (C=O) groups excluding carboxylic acids is 1. The molecule has 3 heterocycles. The zero-order valence-electron chi connectivity index (χ0n) is 17.1. The van der Waals surface area contributed by atoms with Gasteiger partial charge in [-0.1, -0.05) is 23.4 Å². The number of aromatic nitrogens is 2. The molecule has 0 bridgehead atoms. The third kappa shape index (κ3) is 5.43. The molecule has 1 aromatic carbocycles. The first kappa shape index (κ1) is 20.9. The standard InChI is InChI=1S/C22H28FN3O4/c23-19-4-2-1-3-17(19)15-21(27)26-10-5-18(6-11-26)29-14-9-20-24-22(30-25-20)16-7-12-28-13-8-16/h1-4,16,18H,5-15H2. The molecule has 2 aliphatic rings. The lowest BCUT2D eigenvalue weighted by molar-refractivity contribution is -0.133. The average Bonchev–Trinajstić information content (AvgIpc) is 3.25. The van der Waals surface area contributed by atoms with E-state index in [1.807, 2.05) is 0 Å². The van der Waals surface area contributed by atoms with Crippen LogP contribution < -0.4 is 0 Å². The number of likely N-dealkylation sites (tertiary alicyclic amines) is 1. The molecule has 0 saturated carbocycles. The predicted molar refractivity (Wildman–Crippen MR) is 106 cm³/mol. The van der Waals surface area contributed by atoms with E-state index in [2.05, 4.69) is 10.1 Å². The van der Waals surface area contributed by atoms with Gasteiger partial charge in [-0.15, -0.1) is 0 Å². The van der Waals surface area contributed by atoms with Crippen LogP contribution in [0.15, 0.2) is 28.8 Å². The molecule has 0 atom stereocenters. The maximum absolute atomic E-state index is 13.8. The van der Waals surface area contributed by atoms with Crippen molar-refractivity contribution in [2.75, 3.05) is 32.9 Å². The van der Waals surface area contributed by atoms with Crippen LogP contribution in [0.2, 0.25) is 0 Å². The fourth-order valence-electron chi connectivity index (χ4n) is 3.98. The first-order valence-electron chi connectivity index (χ1n) is 10.7. The SMILES string of the molecule is O=C(Cc1ccccc1F)N1CCC(OCCc2noc(C3CCOCC3)n2)CC1. The van der Waals surface area contributed by atoms with E-state index < -0.39 is 0 Å². The minimum absolute atomic E-state index is 0.0361. The number of ether oxygens (including phenoxy) is 2. The summed E-state index contributed by atoms with van der Waals surface area (Å²) in [7, 11) is 0. The predicted octanol–water partition coefficient (Wildman–Crippen LogP) is 2.90. The molecule has 1 aromatic heterocycles. The third-order valence-corrected chi connectivity index (χ3v) is 5.83. The first-order valence-corrected chi connectivity index (χ1v) is 10.7. The number of carbonyl (C=O) groups is 1. The fraction of sp³-hybridized carbons (Fsp3) is 0.591. The second-order valence-electron chi connectivity index (χ2n) is 7.90. The molecule has 162 valence electrons. The Labute approximate surface area is 175 Å². The number of benzene rings is 1. The summed E-state index contributed by atoms with van der Waals surface area (Å²) < 4.78 is 30.5. The normalized spacial score (nSPS) is 18.6. The van der Waals surface area contributed by atoms with Crippen LogP contribution in [-0.2, 0) is 27.1 Å². The molecular formula is C22H28FN3O4. The quantitative estimate of drug-likeness (QED) is 0.689. The minimum Gasteiger partial charge on any atom is -0.381 e. The van der Waals surface area contributed by atoms with Crippen molar-refractivity contribution in [3.63, 3.8) is 0 Å². The van der Waals surface area contributed by atoms with E-state index in [1.165, 1.54) is 6.07 Å². The van der Waals surface area contributed by atoms with Crippen molar-refractivity contribution in [1.82, 2.24) is 15.0 Å². The highest BCUT2D eigenvalue weighted by Gasteiger charge is 2.25. The summed E-state index contributed by atoms with van der Waals surface area (Å²) in [5.41, 5.74) is 0.445. The monoisotopic (exact) mass is 417 g/mol. The highest BCUT2D eigenvalue weighted by molar-refractivity contribution is 5.78. The fourth-order valence-corrected chi connectivity index (χ4v) is 3.98. The smallest absolute Gasteiger partial charge is 0.229 e. The van der Waals surface area contributed by atoms with Crippen molar-refractivity contribution in [2.24, 2.45) is 0 Å². The highest BCUT2D eigenvalue weighted by atomic mass is 19.1. The van der Waals surface area contributed by atoms with E-state index in [-0.39, 0.29) is 24.2 Å². The molecule has 2 fully saturated rings. The van der Waals surface area contributed by atoms with Crippen LogP contribution in [0.1, 0.15) is 48.9 Å². The third-order valence-electron chi connectivity index (χ3n) is 5.83. The number of piperidine rings is 1. The second-order valence-corrected chi connectivity index (χ2v) is 7.90. The number of hydrogen-bond acceptors (Lipinski definition) is 6. The number of halogens is 1. The summed E-state index contributed by atoms with van der Waals surface area (Å²) in [4.78, 5) is 18.7. The molecule has 0 radical (unpaired) electrons. The van der Waals surface area contributed by atoms with Crippen LogP contribution in [-0.4, -0.2) is 60.0 Å². The molecule has 2 aromatic rings. The van der Waals surface area contributed by atoms with Crippen LogP contribution in [0.25, 0.3) is 0 Å². The molecule has 2 saturated heterocycles. The Kier molecular flexibility index (Phi) is 7.07. The first-order chi connectivity index (χ1) is 14.7. The van der Waals surface area contributed by atoms with Gasteiger partial charge < -0.3 is 18.9 Å². The number of amides is 1. The van der Waals surface area contributed by atoms with Gasteiger partial charge in [-0.05, 0) is 37.3 Å². The molecule has 30 heavy (non-hydrogen) atoms. The van der Waals surface area contributed by atoms with E-state index in [0.717, 1.165) is 38.9 Å². The Morgan fingerprint density at radius 2 is 1.93 bits per heavy atom. The van der Waals surface area contributed by atoms with Crippen molar-refractivity contribution >= 4 is 5.91 Å². The summed E-state index contributed by atoms with van der Waals surface area (Å²) in [5.74, 6) is 1.31. The van der Waals surface area contributed by atoms with Crippen molar-refractivity contribution in [1.29, 1.82) is 0 Å². The molecule has 0 spiro atoms. The Bertz CT molecular complexity index is 829. The van der Waals surface area contributed by atoms with Gasteiger partial charge in [0.05, 0.1) is 19.1 Å². The van der Waals surface area contributed by atoms with Crippen LogP contribution >= 0.6 is 0 Å². The molecule has 8 heteroatoms. The lowest BCUT2D eigenvalue weighted by Gasteiger charge is -2.32. The van der Waals surface area contributed by atoms with E-state index in [4.69, 9.17) is 14.0 Å². The van der Waals surface area contributed by atoms with Gasteiger partial charge in [-0.3, -0.25) is 4.79 Å². The zero-order chi connectivity index (χ0) is 20.8. The maximum atomic E-state index is 13.8.